The molecule has 0 fully saturated rings. The highest BCUT2D eigenvalue weighted by Crippen LogP contribution is 2.03. The van der Waals surface area contributed by atoms with Gasteiger partial charge in [-0.3, -0.25) is 0 Å². The summed E-state index contributed by atoms with van der Waals surface area (Å²) in [4.78, 5) is 0.771. The first-order valence-corrected chi connectivity index (χ1v) is 3.14. The molecule has 7 heteroatoms. The lowest BCUT2D eigenvalue weighted by molar-refractivity contribution is -0.420. The Hall–Kier alpha value is -0.730. The van der Waals surface area contributed by atoms with Gasteiger partial charge in [-0.25, -0.2) is 4.79 Å². The molecular weight excluding hydrogens is 251 g/mol. The maximum atomic E-state index is 8.77. The van der Waals surface area contributed by atoms with E-state index in [0.29, 0.717) is 0 Å². The number of hydrogen-bond acceptors (Lipinski definition) is 2. The molecule has 0 radical (unpaired) electrons. The van der Waals surface area contributed by atoms with Gasteiger partial charge in [-0.2, -0.15) is 22.9 Å². The van der Waals surface area contributed by atoms with E-state index in [1.165, 1.54) is 7.11 Å². The summed E-state index contributed by atoms with van der Waals surface area (Å²) in [6.07, 6.45) is 0.259. The van der Waals surface area contributed by atoms with E-state index in [9.17, 15) is 0 Å². The van der Waals surface area contributed by atoms with E-state index in [1.54, 1.807) is 22.9 Å². The van der Waals surface area contributed by atoms with Crippen molar-refractivity contribution in [1.29, 1.82) is 5.41 Å². The number of aliphatic hydroxyl groups is 1. The van der Waals surface area contributed by atoms with Crippen LogP contribution in [-0.2, 0) is 4.74 Å². The summed E-state index contributed by atoms with van der Waals surface area (Å²) in [6.45, 7) is 0. The van der Waals surface area contributed by atoms with Gasteiger partial charge in [-0.05, 0) is 6.34 Å². The SMILES string of the molecule is COC(O)=[N+]([N-]I)[N-]C=N. The molecule has 58 valence electrons. The maximum Gasteiger partial charge on any atom is 0.538 e. The first-order valence-electron chi connectivity index (χ1n) is 2.18. The monoisotopic (exact) mass is 257 g/mol. The Bertz CT molecular complexity index is 147. The van der Waals surface area contributed by atoms with Gasteiger partial charge in [0, 0.05) is 0 Å². The first kappa shape index (κ1) is 9.27. The Morgan fingerprint density at radius 2 is 2.50 bits per heavy atom. The van der Waals surface area contributed by atoms with E-state index in [4.69, 9.17) is 10.5 Å². The van der Waals surface area contributed by atoms with Gasteiger partial charge in [0.1, 0.15) is 0 Å². The molecule has 0 aromatic rings. The third-order valence-electron chi connectivity index (χ3n) is 0.592. The number of halogens is 1. The van der Waals surface area contributed by atoms with E-state index >= 15 is 0 Å². The predicted molar refractivity (Wildman–Crippen MR) is 44.4 cm³/mol. The van der Waals surface area contributed by atoms with E-state index in [0.717, 1.165) is 11.1 Å². The molecule has 6 nitrogen and oxygen atoms in total. The van der Waals surface area contributed by atoms with Crippen LogP contribution in [0.25, 0.3) is 9.06 Å². The molecule has 0 aliphatic carbocycles. The second kappa shape index (κ2) is 5.09. The molecule has 2 N–H and O–H groups in total. The largest absolute Gasteiger partial charge is 0.538 e. The standard InChI is InChI=1S/C3H6IN4O2/c1-10-3(9)8(7-4)6-2-5/h2H,1H3,(H2-,5,6,9)/q-1. The van der Waals surface area contributed by atoms with Crippen molar-refractivity contribution in [1.82, 2.24) is 0 Å². The molecule has 0 spiro atoms. The summed E-state index contributed by atoms with van der Waals surface area (Å²) >= 11 is 1.60. The zero-order valence-electron chi connectivity index (χ0n) is 5.15. The molecule has 0 aromatic heterocycles. The van der Waals surface area contributed by atoms with Gasteiger partial charge in [0.2, 0.25) is 0 Å². The number of rotatable bonds is 3. The van der Waals surface area contributed by atoms with Crippen molar-refractivity contribution in [3.63, 3.8) is 0 Å². The van der Waals surface area contributed by atoms with E-state index in [1.807, 2.05) is 0 Å². The van der Waals surface area contributed by atoms with E-state index in [2.05, 4.69) is 13.8 Å². The third-order valence-corrected chi connectivity index (χ3v) is 1.00. The number of nitrogens with zero attached hydrogens (tertiary/aromatic N) is 3. The number of methoxy groups -OCH3 is 1. The molecule has 0 atom stereocenters. The smallest absolute Gasteiger partial charge is 0.430 e. The van der Waals surface area contributed by atoms with E-state index in [-0.39, 0.29) is 0 Å². The predicted octanol–water partition coefficient (Wildman–Crippen LogP) is 1.09. The molecule has 0 bridgehead atoms. The van der Waals surface area contributed by atoms with Crippen LogP contribution in [0.4, 0.5) is 0 Å². The van der Waals surface area contributed by atoms with Gasteiger partial charge in [-0.15, -0.1) is 0 Å². The topological polar surface area (TPSA) is 84.5 Å². The zero-order chi connectivity index (χ0) is 7.98. The van der Waals surface area contributed by atoms with Crippen molar-refractivity contribution in [3.8, 4) is 0 Å². The summed E-state index contributed by atoms with van der Waals surface area (Å²) in [5.74, 6) is 0. The van der Waals surface area contributed by atoms with Crippen LogP contribution >= 0.6 is 22.9 Å². The van der Waals surface area contributed by atoms with Crippen LogP contribution in [0, 0.1) is 5.41 Å². The minimum Gasteiger partial charge on any atom is -0.430 e. The first-order chi connectivity index (χ1) is 4.76. The quantitative estimate of drug-likeness (QED) is 0.261. The second-order valence-electron chi connectivity index (χ2n) is 1.10. The van der Waals surface area contributed by atoms with E-state index < -0.39 is 6.08 Å². The van der Waals surface area contributed by atoms with Crippen molar-refractivity contribution in [2.75, 3.05) is 7.11 Å². The van der Waals surface area contributed by atoms with Crippen LogP contribution < -0.4 is 0 Å². The molecule has 0 heterocycles. The van der Waals surface area contributed by atoms with Gasteiger partial charge in [0.05, 0.1) is 7.11 Å². The van der Waals surface area contributed by atoms with Crippen molar-refractivity contribution in [3.05, 3.63) is 9.06 Å². The molecular formula is C3H6IN4O2-. The van der Waals surface area contributed by atoms with Crippen molar-refractivity contribution >= 4 is 35.3 Å². The van der Waals surface area contributed by atoms with Crippen LogP contribution in [0.5, 0.6) is 0 Å². The van der Waals surface area contributed by atoms with Gasteiger partial charge >= 0.3 is 6.08 Å². The Balaban J connectivity index is 4.13. The number of ether oxygens (including phenoxy) is 1. The lowest BCUT2D eigenvalue weighted by Gasteiger charge is -2.17. The summed E-state index contributed by atoms with van der Waals surface area (Å²) in [7, 11) is 1.27. The highest BCUT2D eigenvalue weighted by molar-refractivity contribution is 14.1. The molecule has 0 amide bonds. The van der Waals surface area contributed by atoms with Gasteiger partial charge < -0.3 is 24.3 Å². The molecule has 0 aliphatic rings. The van der Waals surface area contributed by atoms with Crippen molar-refractivity contribution in [2.45, 2.75) is 0 Å². The lowest BCUT2D eigenvalue weighted by atomic mass is 11.2. The minimum absolute atomic E-state index is 0.474. The Kier molecular flexibility index (Phi) is 4.72. The number of nitrogens with one attached hydrogen (secondary N) is 1. The lowest BCUT2D eigenvalue weighted by Crippen LogP contribution is -2.13. The molecule has 0 unspecified atom stereocenters. The Morgan fingerprint density at radius 3 is 2.80 bits per heavy atom. The van der Waals surface area contributed by atoms with Crippen LogP contribution in [0.15, 0.2) is 0 Å². The Morgan fingerprint density at radius 1 is 1.90 bits per heavy atom. The maximum absolute atomic E-state index is 8.77. The summed E-state index contributed by atoms with van der Waals surface area (Å²) < 4.78 is 7.78. The number of aliphatic hydroxyl groups excluding tert-OH is 1. The molecule has 0 aromatic carbocycles. The fraction of sp³-hybridized carbons (Fsp3) is 0.333. The molecule has 10 heavy (non-hydrogen) atoms. The second-order valence-corrected chi connectivity index (χ2v) is 1.53. The van der Waals surface area contributed by atoms with Gasteiger partial charge in [-0.1, -0.05) is 0 Å². The van der Waals surface area contributed by atoms with Crippen LogP contribution in [-0.4, -0.2) is 29.4 Å². The zero-order valence-corrected chi connectivity index (χ0v) is 7.31. The molecule has 0 saturated heterocycles. The Labute approximate surface area is 71.8 Å². The average molecular weight is 257 g/mol. The fourth-order valence-electron chi connectivity index (χ4n) is 0.238. The average Bonchev–Trinajstić information content (AvgIpc) is 1.99. The van der Waals surface area contributed by atoms with Crippen LogP contribution in [0.2, 0.25) is 0 Å². The summed E-state index contributed by atoms with van der Waals surface area (Å²) in [6, 6.07) is 0. The normalized spacial score (nSPS) is 11.4. The third kappa shape index (κ3) is 2.71. The van der Waals surface area contributed by atoms with Crippen LogP contribution in [0.3, 0.4) is 0 Å². The van der Waals surface area contributed by atoms with Crippen LogP contribution in [0.1, 0.15) is 0 Å². The summed E-state index contributed by atoms with van der Waals surface area (Å²) in [5.41, 5.74) is 3.30. The fourth-order valence-corrected chi connectivity index (χ4v) is 0.534. The minimum atomic E-state index is -0.474. The number of hydrogen-bond donors (Lipinski definition) is 2. The van der Waals surface area contributed by atoms with Crippen molar-refractivity contribution < 1.29 is 14.6 Å². The molecule has 0 aliphatic heterocycles. The molecule has 0 saturated carbocycles. The highest BCUT2D eigenvalue weighted by atomic mass is 127. The highest BCUT2D eigenvalue weighted by Gasteiger charge is 1.96. The molecule has 0 rings (SSSR count). The van der Waals surface area contributed by atoms with Gasteiger partial charge in [0.15, 0.2) is 0 Å². The summed E-state index contributed by atoms with van der Waals surface area (Å²) in [5, 5.41) is 15.3. The van der Waals surface area contributed by atoms with Crippen molar-refractivity contribution in [2.24, 2.45) is 0 Å². The van der Waals surface area contributed by atoms with Gasteiger partial charge in [0.25, 0.3) is 0 Å².